The van der Waals surface area contributed by atoms with Gasteiger partial charge >= 0.3 is 6.09 Å². The average Bonchev–Trinajstić information content (AvgIpc) is 2.98. The first-order valence-corrected chi connectivity index (χ1v) is 8.24. The van der Waals surface area contributed by atoms with Crippen molar-refractivity contribution >= 4 is 27.5 Å². The van der Waals surface area contributed by atoms with Crippen molar-refractivity contribution in [1.82, 2.24) is 0 Å². The molecule has 2 heterocycles. The third kappa shape index (κ3) is 2.64. The molecule has 1 aromatic heterocycles. The van der Waals surface area contributed by atoms with E-state index in [9.17, 15) is 4.79 Å². The molecule has 1 aliphatic rings. The highest BCUT2D eigenvalue weighted by atomic mass is 32.1. The van der Waals surface area contributed by atoms with Gasteiger partial charge in [-0.1, -0.05) is 30.3 Å². The molecule has 0 bridgehead atoms. The number of fused-ring (bicyclic) bond motifs is 2. The summed E-state index contributed by atoms with van der Waals surface area (Å²) in [5, 5.41) is 1.24. The summed E-state index contributed by atoms with van der Waals surface area (Å²) >= 11 is 1.75. The van der Waals surface area contributed by atoms with Crippen molar-refractivity contribution in [2.45, 2.75) is 12.5 Å². The first kappa shape index (κ1) is 14.1. The van der Waals surface area contributed by atoms with Gasteiger partial charge in [-0.15, -0.1) is 11.3 Å². The number of ether oxygens (including phenoxy) is 2. The van der Waals surface area contributed by atoms with Crippen molar-refractivity contribution in [3.8, 4) is 16.2 Å². The molecule has 5 heteroatoms. The van der Waals surface area contributed by atoms with E-state index in [1.165, 1.54) is 15.0 Å². The van der Waals surface area contributed by atoms with Crippen molar-refractivity contribution < 1.29 is 14.3 Å². The van der Waals surface area contributed by atoms with Crippen LogP contribution in [0.5, 0.6) is 5.75 Å². The second-order valence-corrected chi connectivity index (χ2v) is 6.55. The van der Waals surface area contributed by atoms with Crippen LogP contribution in [0.2, 0.25) is 0 Å². The lowest BCUT2D eigenvalue weighted by molar-refractivity contribution is 0.0766. The van der Waals surface area contributed by atoms with E-state index in [2.05, 4.69) is 18.2 Å². The van der Waals surface area contributed by atoms with Gasteiger partial charge in [0.15, 0.2) is 0 Å². The van der Waals surface area contributed by atoms with E-state index in [0.717, 1.165) is 16.9 Å². The number of benzene rings is 2. The number of primary amides is 1. The molecular formula is C18H15NO3S. The largest absolute Gasteiger partial charge is 0.493 e. The predicted molar refractivity (Wildman–Crippen MR) is 90.8 cm³/mol. The van der Waals surface area contributed by atoms with Crippen molar-refractivity contribution in [1.29, 1.82) is 0 Å². The van der Waals surface area contributed by atoms with Crippen LogP contribution >= 0.6 is 11.3 Å². The molecule has 4 nitrogen and oxygen atoms in total. The number of hydrogen-bond acceptors (Lipinski definition) is 4. The van der Waals surface area contributed by atoms with Crippen LogP contribution in [0.25, 0.3) is 20.5 Å². The van der Waals surface area contributed by atoms with Crippen LogP contribution < -0.4 is 10.5 Å². The molecule has 2 aromatic carbocycles. The molecule has 0 spiro atoms. The van der Waals surface area contributed by atoms with Gasteiger partial charge < -0.3 is 15.2 Å². The van der Waals surface area contributed by atoms with Gasteiger partial charge in [0, 0.05) is 21.6 Å². The Morgan fingerprint density at radius 3 is 2.91 bits per heavy atom. The zero-order valence-corrected chi connectivity index (χ0v) is 13.1. The molecule has 3 aromatic rings. The Kier molecular flexibility index (Phi) is 3.42. The lowest BCUT2D eigenvalue weighted by Gasteiger charge is -2.25. The minimum atomic E-state index is -0.753. The topological polar surface area (TPSA) is 61.6 Å². The van der Waals surface area contributed by atoms with Crippen LogP contribution in [-0.4, -0.2) is 12.7 Å². The summed E-state index contributed by atoms with van der Waals surface area (Å²) in [6, 6.07) is 16.5. The second kappa shape index (κ2) is 5.59. The number of nitrogens with two attached hydrogens (primary N) is 1. The Morgan fingerprint density at radius 2 is 2.09 bits per heavy atom. The van der Waals surface area contributed by atoms with Crippen molar-refractivity contribution in [3.05, 3.63) is 54.1 Å². The normalized spacial score (nSPS) is 16.6. The number of carbonyl (C=O) groups is 1. The van der Waals surface area contributed by atoms with Gasteiger partial charge in [-0.05, 0) is 29.1 Å². The lowest BCUT2D eigenvalue weighted by atomic mass is 10.0. The minimum Gasteiger partial charge on any atom is -0.493 e. The van der Waals surface area contributed by atoms with Crippen molar-refractivity contribution in [3.63, 3.8) is 0 Å². The van der Waals surface area contributed by atoms with E-state index in [1.807, 2.05) is 30.3 Å². The fourth-order valence-corrected chi connectivity index (χ4v) is 3.96. The fourth-order valence-electron chi connectivity index (χ4n) is 2.90. The molecule has 2 N–H and O–H groups in total. The Labute approximate surface area is 137 Å². The predicted octanol–water partition coefficient (Wildman–Crippen LogP) is 4.49. The third-order valence-electron chi connectivity index (χ3n) is 3.97. The zero-order chi connectivity index (χ0) is 15.8. The summed E-state index contributed by atoms with van der Waals surface area (Å²) in [5.41, 5.74) is 7.12. The van der Waals surface area contributed by atoms with Crippen LogP contribution in [0.4, 0.5) is 4.79 Å². The molecule has 0 fully saturated rings. The number of rotatable bonds is 2. The minimum absolute atomic E-state index is 0.326. The maximum absolute atomic E-state index is 11.0. The molecule has 1 unspecified atom stereocenters. The van der Waals surface area contributed by atoms with Crippen molar-refractivity contribution in [2.24, 2.45) is 5.73 Å². The summed E-state index contributed by atoms with van der Waals surface area (Å²) in [6.45, 7) is 0.515. The van der Waals surface area contributed by atoms with Gasteiger partial charge in [0.05, 0.1) is 6.61 Å². The third-order valence-corrected chi connectivity index (χ3v) is 5.13. The van der Waals surface area contributed by atoms with Crippen LogP contribution in [0, 0.1) is 0 Å². The van der Waals surface area contributed by atoms with E-state index in [1.54, 1.807) is 11.3 Å². The molecule has 116 valence electrons. The van der Waals surface area contributed by atoms with Gasteiger partial charge in [0.25, 0.3) is 0 Å². The molecule has 1 atom stereocenters. The highest BCUT2D eigenvalue weighted by Crippen LogP contribution is 2.40. The van der Waals surface area contributed by atoms with Crippen LogP contribution in [0.15, 0.2) is 48.5 Å². The molecule has 23 heavy (non-hydrogen) atoms. The highest BCUT2D eigenvalue weighted by Gasteiger charge is 2.24. The molecule has 0 saturated heterocycles. The smallest absolute Gasteiger partial charge is 0.405 e. The van der Waals surface area contributed by atoms with Gasteiger partial charge in [0.1, 0.15) is 11.9 Å². The summed E-state index contributed by atoms with van der Waals surface area (Å²) in [6.07, 6.45) is -0.456. The fraction of sp³-hybridized carbons (Fsp3) is 0.167. The van der Waals surface area contributed by atoms with Gasteiger partial charge in [0.2, 0.25) is 0 Å². The van der Waals surface area contributed by atoms with Gasteiger partial charge in [-0.2, -0.15) is 0 Å². The van der Waals surface area contributed by atoms with E-state index in [-0.39, 0.29) is 6.10 Å². The van der Waals surface area contributed by atoms with Crippen LogP contribution in [0.1, 0.15) is 18.1 Å². The molecule has 4 rings (SSSR count). The molecule has 0 radical (unpaired) electrons. The molecular weight excluding hydrogens is 310 g/mol. The lowest BCUT2D eigenvalue weighted by Crippen LogP contribution is -2.22. The maximum Gasteiger partial charge on any atom is 0.405 e. The Hall–Kier alpha value is -2.53. The van der Waals surface area contributed by atoms with Crippen molar-refractivity contribution in [2.75, 3.05) is 6.61 Å². The maximum atomic E-state index is 11.0. The Morgan fingerprint density at radius 1 is 1.22 bits per heavy atom. The van der Waals surface area contributed by atoms with E-state index >= 15 is 0 Å². The first-order chi connectivity index (χ1) is 11.2. The van der Waals surface area contributed by atoms with Crippen LogP contribution in [-0.2, 0) is 4.74 Å². The summed E-state index contributed by atoms with van der Waals surface area (Å²) in [5.74, 6) is 0.762. The standard InChI is InChI=1S/C18H15NO3S/c19-18(20)22-14-7-8-21-15-9-12(5-6-13(14)15)17-10-11-3-1-2-4-16(11)23-17/h1-6,9-10,14H,7-8H2,(H2,19,20). The number of hydrogen-bond donors (Lipinski definition) is 1. The summed E-state index contributed by atoms with van der Waals surface area (Å²) < 4.78 is 12.2. The zero-order valence-electron chi connectivity index (χ0n) is 12.3. The first-order valence-electron chi connectivity index (χ1n) is 7.42. The molecule has 0 saturated carbocycles. The quantitative estimate of drug-likeness (QED) is 0.755. The SMILES string of the molecule is NC(=O)OC1CCOc2cc(-c3cc4ccccc4s3)ccc21. The molecule has 1 aliphatic heterocycles. The summed E-state index contributed by atoms with van der Waals surface area (Å²) in [7, 11) is 0. The second-order valence-electron chi connectivity index (χ2n) is 5.46. The van der Waals surface area contributed by atoms with Gasteiger partial charge in [-0.25, -0.2) is 4.79 Å². The highest BCUT2D eigenvalue weighted by molar-refractivity contribution is 7.22. The van der Waals surface area contributed by atoms with E-state index in [4.69, 9.17) is 15.2 Å². The van der Waals surface area contributed by atoms with Crippen LogP contribution in [0.3, 0.4) is 0 Å². The Bertz CT molecular complexity index is 854. The monoisotopic (exact) mass is 325 g/mol. The number of thiophene rings is 1. The average molecular weight is 325 g/mol. The van der Waals surface area contributed by atoms with E-state index in [0.29, 0.717) is 13.0 Å². The number of amides is 1. The van der Waals surface area contributed by atoms with E-state index < -0.39 is 6.09 Å². The van der Waals surface area contributed by atoms with Gasteiger partial charge in [-0.3, -0.25) is 0 Å². The summed E-state index contributed by atoms with van der Waals surface area (Å²) in [4.78, 5) is 12.2. The number of carbonyl (C=O) groups excluding carboxylic acids is 1. The molecule has 0 aliphatic carbocycles. The Balaban J connectivity index is 1.72. The molecule has 1 amide bonds.